The molecular formula is C20H21BrN2O4. The number of amides is 2. The van der Waals surface area contributed by atoms with Gasteiger partial charge >= 0.3 is 0 Å². The van der Waals surface area contributed by atoms with Crippen LogP contribution in [0.2, 0.25) is 0 Å². The van der Waals surface area contributed by atoms with Crippen LogP contribution in [0.1, 0.15) is 15.9 Å². The number of carbonyl (C=O) groups excluding carboxylic acids is 2. The van der Waals surface area contributed by atoms with E-state index in [4.69, 9.17) is 9.47 Å². The van der Waals surface area contributed by atoms with Gasteiger partial charge < -0.3 is 19.7 Å². The second kappa shape index (κ2) is 9.23. The zero-order valence-electron chi connectivity index (χ0n) is 15.6. The predicted octanol–water partition coefficient (Wildman–Crippen LogP) is 3.82. The molecule has 2 aromatic rings. The second-order valence-corrected chi connectivity index (χ2v) is 6.74. The topological polar surface area (TPSA) is 67.9 Å². The van der Waals surface area contributed by atoms with Gasteiger partial charge in [-0.05, 0) is 29.8 Å². The average Bonchev–Trinajstić information content (AvgIpc) is 2.66. The standard InChI is InChI=1S/C20H21BrN2O4/c1-23(2)20(25)15-11-17(26-3)18(27-4)12-16(15)22-19(24)10-7-13-5-8-14(21)9-6-13/h5-12H,1-4H3,(H,22,24)/b10-7+. The van der Waals surface area contributed by atoms with Gasteiger partial charge in [-0.2, -0.15) is 0 Å². The number of nitrogens with one attached hydrogen (secondary N) is 1. The Morgan fingerprint density at radius 3 is 2.19 bits per heavy atom. The lowest BCUT2D eigenvalue weighted by Crippen LogP contribution is -2.24. The van der Waals surface area contributed by atoms with Crippen LogP contribution >= 0.6 is 15.9 Å². The molecule has 6 nitrogen and oxygen atoms in total. The molecule has 142 valence electrons. The minimum Gasteiger partial charge on any atom is -0.493 e. The summed E-state index contributed by atoms with van der Waals surface area (Å²) >= 11 is 3.37. The fraction of sp³-hybridized carbons (Fsp3) is 0.200. The quantitative estimate of drug-likeness (QED) is 0.704. The summed E-state index contributed by atoms with van der Waals surface area (Å²) in [7, 11) is 6.25. The lowest BCUT2D eigenvalue weighted by Gasteiger charge is -2.17. The Balaban J connectivity index is 2.30. The van der Waals surface area contributed by atoms with Crippen LogP contribution in [0, 0.1) is 0 Å². The number of hydrogen-bond donors (Lipinski definition) is 1. The molecule has 0 heterocycles. The van der Waals surface area contributed by atoms with Gasteiger partial charge in [-0.15, -0.1) is 0 Å². The fourth-order valence-corrected chi connectivity index (χ4v) is 2.58. The number of rotatable bonds is 6. The summed E-state index contributed by atoms with van der Waals surface area (Å²) in [6.07, 6.45) is 3.10. The van der Waals surface area contributed by atoms with E-state index in [2.05, 4.69) is 21.2 Å². The van der Waals surface area contributed by atoms with Crippen LogP contribution in [0.5, 0.6) is 11.5 Å². The summed E-state index contributed by atoms with van der Waals surface area (Å²) in [4.78, 5) is 26.3. The predicted molar refractivity (Wildman–Crippen MR) is 109 cm³/mol. The Kier molecular flexibility index (Phi) is 7.01. The summed E-state index contributed by atoms with van der Waals surface area (Å²) in [6.45, 7) is 0. The van der Waals surface area contributed by atoms with Crippen LogP contribution in [0.4, 0.5) is 5.69 Å². The number of hydrogen-bond acceptors (Lipinski definition) is 4. The highest BCUT2D eigenvalue weighted by Gasteiger charge is 2.19. The minimum atomic E-state index is -0.363. The van der Waals surface area contributed by atoms with E-state index in [1.54, 1.807) is 32.3 Å². The van der Waals surface area contributed by atoms with Crippen molar-refractivity contribution in [3.05, 3.63) is 58.1 Å². The summed E-state index contributed by atoms with van der Waals surface area (Å²) < 4.78 is 11.5. The van der Waals surface area contributed by atoms with Crippen LogP contribution in [0.15, 0.2) is 46.9 Å². The first-order chi connectivity index (χ1) is 12.8. The molecule has 0 saturated carbocycles. The Bertz CT molecular complexity index is 861. The molecule has 0 aliphatic rings. The molecule has 2 aromatic carbocycles. The zero-order valence-corrected chi connectivity index (χ0v) is 17.2. The van der Waals surface area contributed by atoms with Gasteiger partial charge in [0, 0.05) is 30.7 Å². The van der Waals surface area contributed by atoms with E-state index >= 15 is 0 Å². The van der Waals surface area contributed by atoms with E-state index in [9.17, 15) is 9.59 Å². The minimum absolute atomic E-state index is 0.261. The molecule has 7 heteroatoms. The van der Waals surface area contributed by atoms with Gasteiger partial charge in [-0.25, -0.2) is 0 Å². The lowest BCUT2D eigenvalue weighted by atomic mass is 10.1. The number of carbonyl (C=O) groups is 2. The van der Waals surface area contributed by atoms with Crippen LogP contribution in [-0.2, 0) is 4.79 Å². The van der Waals surface area contributed by atoms with Crippen LogP contribution in [0.25, 0.3) is 6.08 Å². The summed E-state index contributed by atoms with van der Waals surface area (Å²) in [5, 5.41) is 2.74. The Hall–Kier alpha value is -2.80. The Labute approximate surface area is 166 Å². The molecule has 2 rings (SSSR count). The lowest BCUT2D eigenvalue weighted by molar-refractivity contribution is -0.111. The van der Waals surface area contributed by atoms with Gasteiger partial charge in [0.05, 0.1) is 25.5 Å². The molecule has 0 aliphatic carbocycles. The van der Waals surface area contributed by atoms with Crippen molar-refractivity contribution in [3.63, 3.8) is 0 Å². The van der Waals surface area contributed by atoms with E-state index in [1.807, 2.05) is 24.3 Å². The van der Waals surface area contributed by atoms with Crippen LogP contribution in [0.3, 0.4) is 0 Å². The van der Waals surface area contributed by atoms with Gasteiger partial charge in [0.15, 0.2) is 11.5 Å². The maximum Gasteiger partial charge on any atom is 0.255 e. The van der Waals surface area contributed by atoms with Crippen molar-refractivity contribution < 1.29 is 19.1 Å². The highest BCUT2D eigenvalue weighted by Crippen LogP contribution is 2.34. The molecule has 0 aromatic heterocycles. The van der Waals surface area contributed by atoms with Crippen molar-refractivity contribution in [1.29, 1.82) is 0 Å². The van der Waals surface area contributed by atoms with Gasteiger partial charge in [0.1, 0.15) is 0 Å². The maximum absolute atomic E-state index is 12.5. The number of methoxy groups -OCH3 is 2. The van der Waals surface area contributed by atoms with Crippen molar-refractivity contribution in [2.24, 2.45) is 0 Å². The first-order valence-electron chi connectivity index (χ1n) is 8.08. The Morgan fingerprint density at radius 2 is 1.63 bits per heavy atom. The zero-order chi connectivity index (χ0) is 20.0. The van der Waals surface area contributed by atoms with E-state index in [0.29, 0.717) is 22.7 Å². The molecule has 0 fully saturated rings. The highest BCUT2D eigenvalue weighted by atomic mass is 79.9. The molecule has 0 spiro atoms. The second-order valence-electron chi connectivity index (χ2n) is 5.83. The van der Waals surface area contributed by atoms with E-state index in [1.165, 1.54) is 25.2 Å². The van der Waals surface area contributed by atoms with Gasteiger partial charge in [0.2, 0.25) is 5.91 Å². The summed E-state index contributed by atoms with van der Waals surface area (Å²) in [6, 6.07) is 10.7. The van der Waals surface area contributed by atoms with Gasteiger partial charge in [0.25, 0.3) is 5.91 Å². The maximum atomic E-state index is 12.5. The van der Waals surface area contributed by atoms with Crippen molar-refractivity contribution in [2.45, 2.75) is 0 Å². The highest BCUT2D eigenvalue weighted by molar-refractivity contribution is 9.10. The van der Waals surface area contributed by atoms with Crippen molar-refractivity contribution in [2.75, 3.05) is 33.6 Å². The molecule has 27 heavy (non-hydrogen) atoms. The molecule has 0 atom stereocenters. The number of anilines is 1. The molecule has 0 aliphatic heterocycles. The number of halogens is 1. The first-order valence-corrected chi connectivity index (χ1v) is 8.87. The van der Waals surface area contributed by atoms with Gasteiger partial charge in [-0.3, -0.25) is 9.59 Å². The molecule has 0 saturated heterocycles. The number of ether oxygens (including phenoxy) is 2. The van der Waals surface area contributed by atoms with Crippen molar-refractivity contribution in [1.82, 2.24) is 4.90 Å². The molecule has 2 amide bonds. The van der Waals surface area contributed by atoms with Gasteiger partial charge in [-0.1, -0.05) is 28.1 Å². The summed E-state index contributed by atoms with van der Waals surface area (Å²) in [5.74, 6) is 0.201. The fourth-order valence-electron chi connectivity index (χ4n) is 2.32. The third-order valence-electron chi connectivity index (χ3n) is 3.72. The monoisotopic (exact) mass is 432 g/mol. The third kappa shape index (κ3) is 5.34. The van der Waals surface area contributed by atoms with E-state index in [-0.39, 0.29) is 11.8 Å². The normalized spacial score (nSPS) is 10.6. The third-order valence-corrected chi connectivity index (χ3v) is 4.24. The average molecular weight is 433 g/mol. The number of nitrogens with zero attached hydrogens (tertiary/aromatic N) is 1. The van der Waals surface area contributed by atoms with Crippen molar-refractivity contribution >= 4 is 39.5 Å². The molecule has 0 bridgehead atoms. The first kappa shape index (κ1) is 20.5. The van der Waals surface area contributed by atoms with E-state index in [0.717, 1.165) is 10.0 Å². The van der Waals surface area contributed by atoms with Crippen LogP contribution in [-0.4, -0.2) is 45.0 Å². The number of benzene rings is 2. The molecule has 0 radical (unpaired) electrons. The Morgan fingerprint density at radius 1 is 1.04 bits per heavy atom. The molecular weight excluding hydrogens is 412 g/mol. The SMILES string of the molecule is COc1cc(NC(=O)/C=C/c2ccc(Br)cc2)c(C(=O)N(C)C)cc1OC. The van der Waals surface area contributed by atoms with Crippen LogP contribution < -0.4 is 14.8 Å². The summed E-state index contributed by atoms with van der Waals surface area (Å²) in [5.41, 5.74) is 1.53. The largest absolute Gasteiger partial charge is 0.493 e. The smallest absolute Gasteiger partial charge is 0.255 e. The molecule has 1 N–H and O–H groups in total. The van der Waals surface area contributed by atoms with Crippen molar-refractivity contribution in [3.8, 4) is 11.5 Å². The molecule has 0 unspecified atom stereocenters. The van der Waals surface area contributed by atoms with E-state index < -0.39 is 0 Å².